The average molecular weight is 353 g/mol. The summed E-state index contributed by atoms with van der Waals surface area (Å²) >= 11 is 0. The van der Waals surface area contributed by atoms with Crippen LogP contribution in [0.2, 0.25) is 0 Å². The SMILES string of the molecule is COc1ccccc1CNc1cc(-c2c(N)nn3cccnc23)ncn1.[HH].[HH].[HH]. The maximum atomic E-state index is 6.07. The van der Waals surface area contributed by atoms with Crippen molar-refractivity contribution in [2.45, 2.75) is 6.54 Å². The van der Waals surface area contributed by atoms with E-state index in [0.717, 1.165) is 11.3 Å². The molecule has 1 aromatic carbocycles. The van der Waals surface area contributed by atoms with Gasteiger partial charge in [0.15, 0.2) is 11.5 Å². The molecule has 4 rings (SSSR count). The molecule has 0 saturated carbocycles. The highest BCUT2D eigenvalue weighted by molar-refractivity contribution is 5.84. The molecule has 0 aliphatic rings. The second-order valence-corrected chi connectivity index (χ2v) is 5.60. The van der Waals surface area contributed by atoms with E-state index in [-0.39, 0.29) is 4.28 Å². The molecule has 0 unspecified atom stereocenters. The van der Waals surface area contributed by atoms with Crippen LogP contribution in [0.3, 0.4) is 0 Å². The lowest BCUT2D eigenvalue weighted by atomic mass is 10.2. The first-order valence-corrected chi connectivity index (χ1v) is 8.03. The van der Waals surface area contributed by atoms with Crippen LogP contribution in [0, 0.1) is 0 Å². The molecule has 0 fully saturated rings. The van der Waals surface area contributed by atoms with Gasteiger partial charge in [0.1, 0.15) is 17.9 Å². The van der Waals surface area contributed by atoms with Gasteiger partial charge >= 0.3 is 0 Å². The van der Waals surface area contributed by atoms with Gasteiger partial charge in [0.2, 0.25) is 0 Å². The Morgan fingerprint density at radius 3 is 2.96 bits per heavy atom. The lowest BCUT2D eigenvalue weighted by Gasteiger charge is -2.10. The molecular formula is C18H23N7O. The van der Waals surface area contributed by atoms with Crippen molar-refractivity contribution in [3.05, 3.63) is 60.7 Å². The van der Waals surface area contributed by atoms with Crippen molar-refractivity contribution in [1.82, 2.24) is 24.6 Å². The van der Waals surface area contributed by atoms with Crippen LogP contribution in [0.1, 0.15) is 9.84 Å². The molecule has 0 radical (unpaired) electrons. The molecule has 0 saturated heterocycles. The number of anilines is 2. The first kappa shape index (κ1) is 15.8. The van der Waals surface area contributed by atoms with Crippen LogP contribution in [0.15, 0.2) is 55.1 Å². The Hall–Kier alpha value is -3.68. The Kier molecular flexibility index (Phi) is 4.06. The van der Waals surface area contributed by atoms with Crippen LogP contribution in [0.5, 0.6) is 5.75 Å². The average Bonchev–Trinajstić information content (AvgIpc) is 3.02. The van der Waals surface area contributed by atoms with Crippen LogP contribution < -0.4 is 15.8 Å². The molecular weight excluding hydrogens is 330 g/mol. The maximum Gasteiger partial charge on any atom is 0.166 e. The molecule has 3 N–H and O–H groups in total. The Morgan fingerprint density at radius 1 is 1.19 bits per heavy atom. The summed E-state index contributed by atoms with van der Waals surface area (Å²) in [4.78, 5) is 13.0. The maximum absolute atomic E-state index is 6.07. The van der Waals surface area contributed by atoms with E-state index in [2.05, 4.69) is 25.4 Å². The third-order valence-corrected chi connectivity index (χ3v) is 4.00. The van der Waals surface area contributed by atoms with Crippen molar-refractivity contribution in [2.24, 2.45) is 0 Å². The van der Waals surface area contributed by atoms with Gasteiger partial charge in [0.25, 0.3) is 0 Å². The second-order valence-electron chi connectivity index (χ2n) is 5.60. The molecule has 26 heavy (non-hydrogen) atoms. The highest BCUT2D eigenvalue weighted by Crippen LogP contribution is 2.28. The predicted octanol–water partition coefficient (Wildman–Crippen LogP) is 3.13. The van der Waals surface area contributed by atoms with E-state index in [1.54, 1.807) is 30.1 Å². The highest BCUT2D eigenvalue weighted by Gasteiger charge is 2.15. The van der Waals surface area contributed by atoms with Crippen molar-refractivity contribution in [2.75, 3.05) is 18.2 Å². The van der Waals surface area contributed by atoms with Gasteiger partial charge in [-0.15, -0.1) is 5.10 Å². The van der Waals surface area contributed by atoms with E-state index in [4.69, 9.17) is 10.5 Å². The van der Waals surface area contributed by atoms with Crippen LogP contribution in [-0.2, 0) is 6.54 Å². The lowest BCUT2D eigenvalue weighted by Crippen LogP contribution is -2.04. The number of nitrogens with zero attached hydrogens (tertiary/aromatic N) is 5. The smallest absolute Gasteiger partial charge is 0.166 e. The third kappa shape index (κ3) is 2.88. The molecule has 0 amide bonds. The summed E-state index contributed by atoms with van der Waals surface area (Å²) < 4.78 is 7.01. The molecule has 0 aliphatic carbocycles. The minimum atomic E-state index is 0. The van der Waals surface area contributed by atoms with E-state index in [9.17, 15) is 0 Å². The fraction of sp³-hybridized carbons (Fsp3) is 0.111. The number of hydrogen-bond acceptors (Lipinski definition) is 7. The topological polar surface area (TPSA) is 103 Å². The predicted molar refractivity (Wildman–Crippen MR) is 105 cm³/mol. The minimum Gasteiger partial charge on any atom is -0.496 e. The molecule has 0 aliphatic heterocycles. The van der Waals surface area contributed by atoms with E-state index < -0.39 is 0 Å². The van der Waals surface area contributed by atoms with Crippen LogP contribution in [0.25, 0.3) is 16.9 Å². The Labute approximate surface area is 154 Å². The standard InChI is InChI=1S/C18H17N7O.3H2/c1-26-14-6-3-2-5-12(14)10-21-15-9-13(22-11-23-15)16-17(19)24-25-8-4-7-20-18(16)25;;;/h2-9,11H,10H2,1H3,(H2,19,24)(H,21,22,23);3*1H. The van der Waals surface area contributed by atoms with Crippen molar-refractivity contribution in [3.63, 3.8) is 0 Å². The zero-order valence-electron chi connectivity index (χ0n) is 14.1. The molecule has 0 bridgehead atoms. The number of hydrogen-bond donors (Lipinski definition) is 2. The number of methoxy groups -OCH3 is 1. The van der Waals surface area contributed by atoms with E-state index in [1.807, 2.05) is 30.3 Å². The summed E-state index contributed by atoms with van der Waals surface area (Å²) in [5.74, 6) is 1.87. The molecule has 4 aromatic rings. The summed E-state index contributed by atoms with van der Waals surface area (Å²) in [5, 5.41) is 7.56. The van der Waals surface area contributed by atoms with Gasteiger partial charge in [-0.3, -0.25) is 0 Å². The normalized spacial score (nSPS) is 10.8. The fourth-order valence-electron chi connectivity index (χ4n) is 2.78. The minimum absolute atomic E-state index is 0. The lowest BCUT2D eigenvalue weighted by molar-refractivity contribution is 0.410. The molecule has 3 aromatic heterocycles. The number of para-hydroxylation sites is 1. The van der Waals surface area contributed by atoms with Crippen LogP contribution >= 0.6 is 0 Å². The van der Waals surface area contributed by atoms with Gasteiger partial charge in [-0.1, -0.05) is 18.2 Å². The summed E-state index contributed by atoms with van der Waals surface area (Å²) in [6.07, 6.45) is 4.98. The number of nitrogens with two attached hydrogens (primary N) is 1. The van der Waals surface area contributed by atoms with Gasteiger partial charge in [-0.25, -0.2) is 19.5 Å². The Balaban J connectivity index is 0.00000140. The number of nitrogens with one attached hydrogen (secondary N) is 1. The first-order chi connectivity index (χ1) is 12.8. The van der Waals surface area contributed by atoms with Crippen molar-refractivity contribution in [3.8, 4) is 17.0 Å². The zero-order chi connectivity index (χ0) is 17.9. The highest BCUT2D eigenvalue weighted by atomic mass is 16.5. The summed E-state index contributed by atoms with van der Waals surface area (Å²) in [6.45, 7) is 0.572. The van der Waals surface area contributed by atoms with Crippen molar-refractivity contribution < 1.29 is 9.02 Å². The molecule has 0 spiro atoms. The number of ether oxygens (including phenoxy) is 1. The molecule has 0 atom stereocenters. The van der Waals surface area contributed by atoms with Gasteiger partial charge < -0.3 is 15.8 Å². The van der Waals surface area contributed by atoms with E-state index >= 15 is 0 Å². The molecule has 3 heterocycles. The number of aromatic nitrogens is 5. The van der Waals surface area contributed by atoms with Gasteiger partial charge in [0.05, 0.1) is 18.4 Å². The molecule has 8 nitrogen and oxygen atoms in total. The number of nitrogen functional groups attached to an aromatic ring is 1. The van der Waals surface area contributed by atoms with Gasteiger partial charge in [-0.05, 0) is 12.1 Å². The fourth-order valence-corrected chi connectivity index (χ4v) is 2.78. The molecule has 8 heteroatoms. The second kappa shape index (κ2) is 6.67. The zero-order valence-corrected chi connectivity index (χ0v) is 14.1. The van der Waals surface area contributed by atoms with Crippen LogP contribution in [0.4, 0.5) is 11.6 Å². The summed E-state index contributed by atoms with van der Waals surface area (Å²) in [5.41, 5.74) is 9.10. The number of benzene rings is 1. The summed E-state index contributed by atoms with van der Waals surface area (Å²) in [6, 6.07) is 11.5. The largest absolute Gasteiger partial charge is 0.496 e. The number of fused-ring (bicyclic) bond motifs is 1. The third-order valence-electron chi connectivity index (χ3n) is 4.00. The quantitative estimate of drug-likeness (QED) is 0.568. The monoisotopic (exact) mass is 353 g/mol. The molecule has 136 valence electrons. The van der Waals surface area contributed by atoms with Crippen molar-refractivity contribution in [1.29, 1.82) is 0 Å². The first-order valence-electron chi connectivity index (χ1n) is 8.03. The Morgan fingerprint density at radius 2 is 2.08 bits per heavy atom. The van der Waals surface area contributed by atoms with Gasteiger partial charge in [-0.2, -0.15) is 0 Å². The van der Waals surface area contributed by atoms with E-state index in [0.29, 0.717) is 35.1 Å². The summed E-state index contributed by atoms with van der Waals surface area (Å²) in [7, 11) is 1.66. The Bertz CT molecular complexity index is 1070. The van der Waals surface area contributed by atoms with Crippen LogP contribution in [-0.4, -0.2) is 31.7 Å². The number of rotatable bonds is 5. The van der Waals surface area contributed by atoms with E-state index in [1.165, 1.54) is 6.33 Å². The van der Waals surface area contributed by atoms with Crippen molar-refractivity contribution >= 4 is 17.3 Å². The van der Waals surface area contributed by atoms with Gasteiger partial charge in [0, 0.05) is 34.8 Å².